The van der Waals surface area contributed by atoms with Gasteiger partial charge in [0.2, 0.25) is 6.08 Å². The highest BCUT2D eigenvalue weighted by Crippen LogP contribution is 2.45. The van der Waals surface area contributed by atoms with Crippen LogP contribution in [0.4, 0.5) is 4.79 Å². The number of hydrogen-bond donors (Lipinski definition) is 0. The fraction of sp³-hybridized carbons (Fsp3) is 0.846. The quantitative estimate of drug-likeness (QED) is 0.562. The Kier molecular flexibility index (Phi) is 3.65. The summed E-state index contributed by atoms with van der Waals surface area (Å²) in [6.07, 6.45) is 2.82. The Hall–Kier alpha value is -1.39. The molecule has 0 spiro atoms. The van der Waals surface area contributed by atoms with Gasteiger partial charge < -0.3 is 9.47 Å². The van der Waals surface area contributed by atoms with Gasteiger partial charge in [0, 0.05) is 6.54 Å². The Morgan fingerprint density at radius 1 is 1.47 bits per heavy atom. The third-order valence-electron chi connectivity index (χ3n) is 3.41. The number of nitrogens with zero attached hydrogens (tertiary/aromatic N) is 2. The molecule has 2 aliphatic rings. The van der Waals surface area contributed by atoms with Crippen LogP contribution < -0.4 is 0 Å². The molecule has 19 heavy (non-hydrogen) atoms. The fourth-order valence-corrected chi connectivity index (χ4v) is 2.33. The number of morpholine rings is 1. The fourth-order valence-electron chi connectivity index (χ4n) is 2.33. The van der Waals surface area contributed by atoms with Crippen molar-refractivity contribution in [1.29, 1.82) is 0 Å². The maximum Gasteiger partial charge on any atom is 0.410 e. The predicted octanol–water partition coefficient (Wildman–Crippen LogP) is 1.49. The standard InChI is InChI=1S/C13H20N2O4/c1-12(2,3)19-11(17)15-6-7-18-8-10(15)13(4-5-13)14-9-16/h10H,4-8H2,1-3H3. The molecule has 1 atom stereocenters. The summed E-state index contributed by atoms with van der Waals surface area (Å²) < 4.78 is 10.8. The van der Waals surface area contributed by atoms with Gasteiger partial charge in [-0.1, -0.05) is 0 Å². The van der Waals surface area contributed by atoms with Crippen LogP contribution in [0.1, 0.15) is 33.6 Å². The van der Waals surface area contributed by atoms with Crippen molar-refractivity contribution in [2.45, 2.75) is 50.8 Å². The van der Waals surface area contributed by atoms with Gasteiger partial charge in [0.15, 0.2) is 0 Å². The summed E-state index contributed by atoms with van der Waals surface area (Å²) in [5.74, 6) is 0. The van der Waals surface area contributed by atoms with E-state index >= 15 is 0 Å². The third kappa shape index (κ3) is 3.14. The highest BCUT2D eigenvalue weighted by Gasteiger charge is 2.54. The van der Waals surface area contributed by atoms with Crippen LogP contribution >= 0.6 is 0 Å². The van der Waals surface area contributed by atoms with Gasteiger partial charge in [0.1, 0.15) is 5.60 Å². The number of ether oxygens (including phenoxy) is 2. The normalized spacial score (nSPS) is 25.4. The molecule has 0 aromatic rings. The summed E-state index contributed by atoms with van der Waals surface area (Å²) in [5.41, 5.74) is -1.04. The number of hydrogen-bond acceptors (Lipinski definition) is 5. The van der Waals surface area contributed by atoms with Gasteiger partial charge in [-0.25, -0.2) is 9.59 Å². The molecule has 1 saturated carbocycles. The average molecular weight is 268 g/mol. The van der Waals surface area contributed by atoms with Crippen molar-refractivity contribution in [3.63, 3.8) is 0 Å². The zero-order valence-electron chi connectivity index (χ0n) is 11.6. The minimum atomic E-state index is -0.537. The van der Waals surface area contributed by atoms with Crippen LogP contribution in [0.15, 0.2) is 4.99 Å². The van der Waals surface area contributed by atoms with Crippen molar-refractivity contribution < 1.29 is 19.1 Å². The van der Waals surface area contributed by atoms with Crippen LogP contribution in [0.5, 0.6) is 0 Å². The first-order valence-corrected chi connectivity index (χ1v) is 6.54. The Labute approximate surface area is 112 Å². The summed E-state index contributed by atoms with van der Waals surface area (Å²) in [4.78, 5) is 28.3. The average Bonchev–Trinajstić information content (AvgIpc) is 3.08. The first kappa shape index (κ1) is 14.0. The molecule has 0 radical (unpaired) electrons. The Balaban J connectivity index is 2.13. The maximum atomic E-state index is 12.2. The molecule has 1 aliphatic heterocycles. The highest BCUT2D eigenvalue weighted by molar-refractivity contribution is 5.69. The molecule has 1 heterocycles. The van der Waals surface area contributed by atoms with Gasteiger partial charge in [-0.3, -0.25) is 4.90 Å². The highest BCUT2D eigenvalue weighted by atomic mass is 16.6. The van der Waals surface area contributed by atoms with E-state index in [1.807, 2.05) is 20.8 Å². The SMILES string of the molecule is CC(C)(C)OC(=O)N1CCOCC1C1(N=C=O)CC1. The van der Waals surface area contributed by atoms with Crippen molar-refractivity contribution in [3.8, 4) is 0 Å². The predicted molar refractivity (Wildman–Crippen MR) is 67.6 cm³/mol. The van der Waals surface area contributed by atoms with Crippen LogP contribution in [0.2, 0.25) is 0 Å². The van der Waals surface area contributed by atoms with Crippen LogP contribution in [0.25, 0.3) is 0 Å². The van der Waals surface area contributed by atoms with Crippen molar-refractivity contribution in [2.24, 2.45) is 4.99 Å². The van der Waals surface area contributed by atoms with Gasteiger partial charge in [-0.15, -0.1) is 0 Å². The zero-order chi connectivity index (χ0) is 14.1. The number of amides is 1. The second-order valence-electron chi connectivity index (χ2n) is 6.07. The van der Waals surface area contributed by atoms with Crippen LogP contribution in [-0.2, 0) is 14.3 Å². The van der Waals surface area contributed by atoms with E-state index in [9.17, 15) is 9.59 Å². The van der Waals surface area contributed by atoms with Crippen molar-refractivity contribution >= 4 is 12.2 Å². The molecule has 2 fully saturated rings. The van der Waals surface area contributed by atoms with Gasteiger partial charge in [-0.2, -0.15) is 4.99 Å². The van der Waals surface area contributed by atoms with Gasteiger partial charge in [0.25, 0.3) is 0 Å². The second-order valence-corrected chi connectivity index (χ2v) is 6.07. The smallest absolute Gasteiger partial charge is 0.410 e. The molecule has 6 nitrogen and oxygen atoms in total. The maximum absolute atomic E-state index is 12.2. The van der Waals surface area contributed by atoms with E-state index in [4.69, 9.17) is 9.47 Å². The van der Waals surface area contributed by atoms with Crippen LogP contribution in [0, 0.1) is 0 Å². The molecule has 6 heteroatoms. The second kappa shape index (κ2) is 4.94. The van der Waals surface area contributed by atoms with E-state index in [0.717, 1.165) is 12.8 Å². The molecule has 0 N–H and O–H groups in total. The molecule has 0 aromatic carbocycles. The van der Waals surface area contributed by atoms with E-state index in [1.54, 1.807) is 11.0 Å². The molecule has 1 saturated heterocycles. The minimum absolute atomic E-state index is 0.224. The van der Waals surface area contributed by atoms with E-state index in [0.29, 0.717) is 19.8 Å². The minimum Gasteiger partial charge on any atom is -0.444 e. The zero-order valence-corrected chi connectivity index (χ0v) is 11.6. The first-order chi connectivity index (χ1) is 8.88. The number of carbonyl (C=O) groups is 1. The summed E-state index contributed by atoms with van der Waals surface area (Å²) in [6, 6.07) is -0.224. The topological polar surface area (TPSA) is 68.2 Å². The molecule has 106 valence electrons. The number of rotatable bonds is 2. The summed E-state index contributed by atoms with van der Waals surface area (Å²) in [5, 5.41) is 0. The molecule has 1 amide bonds. The van der Waals surface area contributed by atoms with Gasteiger partial charge >= 0.3 is 6.09 Å². The lowest BCUT2D eigenvalue weighted by molar-refractivity contribution is -0.0403. The molecule has 0 bridgehead atoms. The largest absolute Gasteiger partial charge is 0.444 e. The van der Waals surface area contributed by atoms with Crippen molar-refractivity contribution in [1.82, 2.24) is 4.90 Å². The number of aliphatic imine (C=N–C) groups is 1. The summed E-state index contributed by atoms with van der Waals surface area (Å²) >= 11 is 0. The Morgan fingerprint density at radius 3 is 2.68 bits per heavy atom. The van der Waals surface area contributed by atoms with Crippen molar-refractivity contribution in [3.05, 3.63) is 0 Å². The molecular formula is C13H20N2O4. The van der Waals surface area contributed by atoms with E-state index in [1.165, 1.54) is 0 Å². The number of carbonyl (C=O) groups excluding carboxylic acids is 2. The lowest BCUT2D eigenvalue weighted by atomic mass is 10.1. The van der Waals surface area contributed by atoms with Crippen LogP contribution in [-0.4, -0.2) is 54.0 Å². The summed E-state index contributed by atoms with van der Waals surface area (Å²) in [6.45, 7) is 6.83. The molecule has 1 aliphatic carbocycles. The lowest BCUT2D eigenvalue weighted by Gasteiger charge is -2.39. The first-order valence-electron chi connectivity index (χ1n) is 6.54. The Bertz CT molecular complexity index is 405. The van der Waals surface area contributed by atoms with Gasteiger partial charge in [0.05, 0.1) is 24.8 Å². The van der Waals surface area contributed by atoms with E-state index in [-0.39, 0.29) is 12.1 Å². The summed E-state index contributed by atoms with van der Waals surface area (Å²) in [7, 11) is 0. The van der Waals surface area contributed by atoms with Crippen LogP contribution in [0.3, 0.4) is 0 Å². The lowest BCUT2D eigenvalue weighted by Crippen LogP contribution is -2.55. The third-order valence-corrected chi connectivity index (χ3v) is 3.41. The Morgan fingerprint density at radius 2 is 2.16 bits per heavy atom. The molecule has 0 aromatic heterocycles. The molecular weight excluding hydrogens is 248 g/mol. The molecule has 1 unspecified atom stereocenters. The monoisotopic (exact) mass is 268 g/mol. The van der Waals surface area contributed by atoms with E-state index in [2.05, 4.69) is 4.99 Å². The van der Waals surface area contributed by atoms with Crippen molar-refractivity contribution in [2.75, 3.05) is 19.8 Å². The van der Waals surface area contributed by atoms with Gasteiger partial charge in [-0.05, 0) is 33.6 Å². The molecule has 2 rings (SSSR count). The number of isocyanates is 1. The van der Waals surface area contributed by atoms with E-state index < -0.39 is 11.1 Å².